The van der Waals surface area contributed by atoms with Crippen molar-refractivity contribution in [2.75, 3.05) is 36.0 Å². The number of aryl methyl sites for hydroxylation is 1. The fourth-order valence-corrected chi connectivity index (χ4v) is 4.12. The highest BCUT2D eigenvalue weighted by Gasteiger charge is 2.35. The summed E-state index contributed by atoms with van der Waals surface area (Å²) in [5, 5.41) is 0. The van der Waals surface area contributed by atoms with E-state index in [9.17, 15) is 0 Å². The summed E-state index contributed by atoms with van der Waals surface area (Å²) in [6.07, 6.45) is 2.29. The molecule has 0 radical (unpaired) electrons. The lowest BCUT2D eigenvalue weighted by Crippen LogP contribution is -2.53. The highest BCUT2D eigenvalue weighted by atomic mass is 16.5. The zero-order valence-corrected chi connectivity index (χ0v) is 16.7. The summed E-state index contributed by atoms with van der Waals surface area (Å²) in [5.41, 5.74) is 0.737. The van der Waals surface area contributed by atoms with Gasteiger partial charge in [0.25, 0.3) is 0 Å². The molecule has 3 rings (SSSR count). The van der Waals surface area contributed by atoms with Crippen molar-refractivity contribution in [1.29, 1.82) is 0 Å². The Labute approximate surface area is 151 Å². The molecule has 0 amide bonds. The molecule has 1 aromatic heterocycles. The lowest BCUT2D eigenvalue weighted by atomic mass is 10.1. The van der Waals surface area contributed by atoms with Crippen molar-refractivity contribution in [3.63, 3.8) is 0 Å². The summed E-state index contributed by atoms with van der Waals surface area (Å²) >= 11 is 0. The van der Waals surface area contributed by atoms with Crippen LogP contribution in [0.4, 0.5) is 11.8 Å². The number of rotatable bonds is 2. The second-order valence-electron chi connectivity index (χ2n) is 8.81. The monoisotopic (exact) mass is 348 g/mol. The predicted octanol–water partition coefficient (Wildman–Crippen LogP) is 2.79. The van der Waals surface area contributed by atoms with E-state index in [1.807, 2.05) is 6.20 Å². The van der Waals surface area contributed by atoms with Crippen LogP contribution in [0.3, 0.4) is 0 Å². The van der Waals surface area contributed by atoms with Crippen molar-refractivity contribution in [3.8, 4) is 0 Å². The zero-order valence-electron chi connectivity index (χ0n) is 16.7. The van der Waals surface area contributed by atoms with Gasteiger partial charge in [-0.2, -0.15) is 4.98 Å². The SMILES string of the molecule is Cc1cnc(N2C[C@@H](C)OC(C)(C)C2)nc1N1C[C@@H](C)OC(C)(C)C1. The highest BCUT2D eigenvalue weighted by Crippen LogP contribution is 2.29. The first-order chi connectivity index (χ1) is 11.5. The number of hydrogen-bond donors (Lipinski definition) is 0. The second kappa shape index (κ2) is 6.40. The molecule has 2 fully saturated rings. The summed E-state index contributed by atoms with van der Waals surface area (Å²) in [6.45, 7) is 18.1. The van der Waals surface area contributed by atoms with Crippen molar-refractivity contribution in [1.82, 2.24) is 9.97 Å². The van der Waals surface area contributed by atoms with Gasteiger partial charge < -0.3 is 19.3 Å². The molecule has 2 aliphatic heterocycles. The maximum absolute atomic E-state index is 6.04. The number of nitrogens with zero attached hydrogens (tertiary/aromatic N) is 4. The Balaban J connectivity index is 1.88. The van der Waals surface area contributed by atoms with E-state index in [1.165, 1.54) is 0 Å². The third-order valence-electron chi connectivity index (χ3n) is 4.65. The maximum Gasteiger partial charge on any atom is 0.227 e. The van der Waals surface area contributed by atoms with Crippen molar-refractivity contribution in [2.45, 2.75) is 71.9 Å². The Bertz CT molecular complexity index is 632. The van der Waals surface area contributed by atoms with E-state index in [1.54, 1.807) is 0 Å². The van der Waals surface area contributed by atoms with Crippen LogP contribution in [0.5, 0.6) is 0 Å². The fourth-order valence-electron chi connectivity index (χ4n) is 4.12. The quantitative estimate of drug-likeness (QED) is 0.819. The van der Waals surface area contributed by atoms with Gasteiger partial charge >= 0.3 is 0 Å². The fraction of sp³-hybridized carbons (Fsp3) is 0.789. The molecule has 0 N–H and O–H groups in total. The molecule has 0 aliphatic carbocycles. The van der Waals surface area contributed by atoms with Crippen molar-refractivity contribution >= 4 is 11.8 Å². The lowest BCUT2D eigenvalue weighted by Gasteiger charge is -2.43. The van der Waals surface area contributed by atoms with Gasteiger partial charge in [-0.1, -0.05) is 0 Å². The first-order valence-electron chi connectivity index (χ1n) is 9.24. The summed E-state index contributed by atoms with van der Waals surface area (Å²) in [7, 11) is 0. The normalized spacial score (nSPS) is 28.9. The van der Waals surface area contributed by atoms with Gasteiger partial charge in [0, 0.05) is 37.9 Å². The van der Waals surface area contributed by atoms with E-state index in [4.69, 9.17) is 14.5 Å². The van der Waals surface area contributed by atoms with Crippen LogP contribution in [0.25, 0.3) is 0 Å². The molecule has 0 spiro atoms. The van der Waals surface area contributed by atoms with Gasteiger partial charge in [-0.3, -0.25) is 0 Å². The minimum absolute atomic E-state index is 0.166. The van der Waals surface area contributed by atoms with Gasteiger partial charge in [0.1, 0.15) is 5.82 Å². The molecule has 2 atom stereocenters. The average molecular weight is 348 g/mol. The summed E-state index contributed by atoms with van der Waals surface area (Å²) in [5.74, 6) is 1.81. The van der Waals surface area contributed by atoms with Crippen LogP contribution >= 0.6 is 0 Å². The standard InChI is InChI=1S/C19H32N4O2/c1-13-8-20-17(23-10-15(3)25-19(6,7)12-23)21-16(13)22-9-14(2)24-18(4,5)11-22/h8,14-15H,9-12H2,1-7H3/t14-,15-/m1/s1. The predicted molar refractivity (Wildman–Crippen MR) is 100 cm³/mol. The van der Waals surface area contributed by atoms with Gasteiger partial charge in [-0.25, -0.2) is 4.98 Å². The molecule has 0 saturated carbocycles. The van der Waals surface area contributed by atoms with Crippen LogP contribution in [0.15, 0.2) is 6.20 Å². The van der Waals surface area contributed by atoms with Crippen LogP contribution in [0.2, 0.25) is 0 Å². The summed E-state index contributed by atoms with van der Waals surface area (Å²) in [6, 6.07) is 0. The van der Waals surface area contributed by atoms with Crippen molar-refractivity contribution in [3.05, 3.63) is 11.8 Å². The Kier molecular flexibility index (Phi) is 4.71. The Morgan fingerprint density at radius 2 is 1.48 bits per heavy atom. The molecule has 2 aliphatic rings. The van der Waals surface area contributed by atoms with Crippen LogP contribution < -0.4 is 9.80 Å². The van der Waals surface area contributed by atoms with Gasteiger partial charge in [0.2, 0.25) is 5.95 Å². The average Bonchev–Trinajstić information content (AvgIpc) is 2.43. The highest BCUT2D eigenvalue weighted by molar-refractivity contribution is 5.51. The van der Waals surface area contributed by atoms with Crippen LogP contribution in [0, 0.1) is 6.92 Å². The van der Waals surface area contributed by atoms with Gasteiger partial charge in [-0.05, 0) is 48.5 Å². The topological polar surface area (TPSA) is 50.7 Å². The lowest BCUT2D eigenvalue weighted by molar-refractivity contribution is -0.0754. The smallest absolute Gasteiger partial charge is 0.227 e. The molecule has 0 aromatic carbocycles. The molecule has 6 nitrogen and oxygen atoms in total. The molecule has 1 aromatic rings. The Morgan fingerprint density at radius 3 is 2.04 bits per heavy atom. The van der Waals surface area contributed by atoms with Crippen LogP contribution in [0.1, 0.15) is 47.1 Å². The Hall–Kier alpha value is -1.40. The van der Waals surface area contributed by atoms with Gasteiger partial charge in [-0.15, -0.1) is 0 Å². The molecule has 25 heavy (non-hydrogen) atoms. The minimum Gasteiger partial charge on any atom is -0.369 e. The molecule has 140 valence electrons. The summed E-state index contributed by atoms with van der Waals surface area (Å²) < 4.78 is 12.1. The third-order valence-corrected chi connectivity index (χ3v) is 4.65. The van der Waals surface area contributed by atoms with Crippen molar-refractivity contribution < 1.29 is 9.47 Å². The first kappa shape index (κ1) is 18.4. The number of morpholine rings is 2. The molecule has 3 heterocycles. The number of anilines is 2. The van der Waals surface area contributed by atoms with E-state index in [-0.39, 0.29) is 23.4 Å². The summed E-state index contributed by atoms with van der Waals surface area (Å²) in [4.78, 5) is 14.1. The van der Waals surface area contributed by atoms with Crippen LogP contribution in [-0.4, -0.2) is 59.6 Å². The molecular formula is C19H32N4O2. The van der Waals surface area contributed by atoms with Gasteiger partial charge in [0.05, 0.1) is 23.4 Å². The molecule has 0 unspecified atom stereocenters. The first-order valence-corrected chi connectivity index (χ1v) is 9.24. The third kappa shape index (κ3) is 4.23. The van der Waals surface area contributed by atoms with E-state index in [0.29, 0.717) is 0 Å². The van der Waals surface area contributed by atoms with Crippen molar-refractivity contribution in [2.24, 2.45) is 0 Å². The molecular weight excluding hydrogens is 316 g/mol. The molecule has 0 bridgehead atoms. The maximum atomic E-state index is 6.04. The van der Waals surface area contributed by atoms with Crippen LogP contribution in [-0.2, 0) is 9.47 Å². The number of aromatic nitrogens is 2. The largest absolute Gasteiger partial charge is 0.369 e. The number of hydrogen-bond acceptors (Lipinski definition) is 6. The second-order valence-corrected chi connectivity index (χ2v) is 8.81. The zero-order chi connectivity index (χ0) is 18.4. The van der Waals surface area contributed by atoms with E-state index in [2.05, 4.69) is 63.2 Å². The van der Waals surface area contributed by atoms with E-state index < -0.39 is 0 Å². The minimum atomic E-state index is -0.193. The van der Waals surface area contributed by atoms with Gasteiger partial charge in [0.15, 0.2) is 0 Å². The molecule has 6 heteroatoms. The Morgan fingerprint density at radius 1 is 0.960 bits per heavy atom. The van der Waals surface area contributed by atoms with E-state index in [0.717, 1.165) is 43.5 Å². The number of ether oxygens (including phenoxy) is 2. The van der Waals surface area contributed by atoms with E-state index >= 15 is 0 Å². The molecule has 2 saturated heterocycles.